The van der Waals surface area contributed by atoms with Crippen LogP contribution in [-0.2, 0) is 15.0 Å². The van der Waals surface area contributed by atoms with Crippen LogP contribution >= 0.6 is 0 Å². The Bertz CT molecular complexity index is 589. The third kappa shape index (κ3) is 1.97. The minimum absolute atomic E-state index is 0.148. The normalized spacial score (nSPS) is 18.0. The van der Waals surface area contributed by atoms with Crippen LogP contribution in [0.1, 0.15) is 30.4 Å². The highest BCUT2D eigenvalue weighted by Crippen LogP contribution is 2.41. The molecule has 2 heteroatoms. The second kappa shape index (κ2) is 5.04. The van der Waals surface area contributed by atoms with Crippen LogP contribution in [0.5, 0.6) is 0 Å². The third-order valence-corrected chi connectivity index (χ3v) is 4.10. The molecule has 100 valence electrons. The molecule has 0 aromatic heterocycles. The van der Waals surface area contributed by atoms with Crippen molar-refractivity contribution >= 4 is 11.6 Å². The van der Waals surface area contributed by atoms with E-state index in [0.717, 1.165) is 11.1 Å². The summed E-state index contributed by atoms with van der Waals surface area (Å²) < 4.78 is 0. The van der Waals surface area contributed by atoms with Gasteiger partial charge in [0.15, 0.2) is 0 Å². The Morgan fingerprint density at radius 2 is 1.20 bits per heavy atom. The van der Waals surface area contributed by atoms with E-state index in [9.17, 15) is 9.59 Å². The van der Waals surface area contributed by atoms with Gasteiger partial charge in [0.05, 0.1) is 5.41 Å². The predicted molar refractivity (Wildman–Crippen MR) is 77.5 cm³/mol. The minimum atomic E-state index is -0.794. The Morgan fingerprint density at radius 3 is 1.70 bits per heavy atom. The van der Waals surface area contributed by atoms with E-state index in [1.807, 2.05) is 60.7 Å². The van der Waals surface area contributed by atoms with Gasteiger partial charge in [-0.1, -0.05) is 60.7 Å². The van der Waals surface area contributed by atoms with Gasteiger partial charge in [-0.2, -0.15) is 0 Å². The Morgan fingerprint density at radius 1 is 0.700 bits per heavy atom. The summed E-state index contributed by atoms with van der Waals surface area (Å²) in [5.41, 5.74) is 1.05. The highest BCUT2D eigenvalue weighted by molar-refractivity contribution is 6.03. The van der Waals surface area contributed by atoms with Gasteiger partial charge in [-0.05, 0) is 11.1 Å². The van der Waals surface area contributed by atoms with E-state index in [4.69, 9.17) is 0 Å². The summed E-state index contributed by atoms with van der Waals surface area (Å²) in [4.78, 5) is 24.7. The van der Waals surface area contributed by atoms with E-state index in [0.29, 0.717) is 12.8 Å². The molecule has 0 atom stereocenters. The zero-order valence-electron chi connectivity index (χ0n) is 11.2. The fourth-order valence-electron chi connectivity index (χ4n) is 3.09. The zero-order valence-corrected chi connectivity index (χ0v) is 11.2. The lowest BCUT2D eigenvalue weighted by Crippen LogP contribution is -2.42. The topological polar surface area (TPSA) is 34.1 Å². The van der Waals surface area contributed by atoms with Crippen molar-refractivity contribution in [3.8, 4) is 0 Å². The molecule has 0 radical (unpaired) electrons. The smallest absolute Gasteiger partial charge is 0.148 e. The molecule has 1 saturated carbocycles. The summed E-state index contributed by atoms with van der Waals surface area (Å²) in [5, 5.41) is 0. The summed E-state index contributed by atoms with van der Waals surface area (Å²) in [5.74, 6) is 0.312. The van der Waals surface area contributed by atoms with Gasteiger partial charge >= 0.3 is 0 Å². The first-order valence-electron chi connectivity index (χ1n) is 6.89. The van der Waals surface area contributed by atoms with Gasteiger partial charge in [-0.25, -0.2) is 0 Å². The Labute approximate surface area is 118 Å². The SMILES string of the molecule is O=C1CCC(=O)C(c2ccccc2)(c2ccccc2)C1. The molecule has 20 heavy (non-hydrogen) atoms. The predicted octanol–water partition coefficient (Wildman–Crippen LogP) is 3.29. The van der Waals surface area contributed by atoms with Crippen molar-refractivity contribution in [2.75, 3.05) is 0 Å². The standard InChI is InChI=1S/C18H16O2/c19-16-11-12-17(20)18(13-16,14-7-3-1-4-8-14)15-9-5-2-6-10-15/h1-10H,11-13H2. The van der Waals surface area contributed by atoms with Crippen LogP contribution in [0.25, 0.3) is 0 Å². The second-order valence-electron chi connectivity index (χ2n) is 5.28. The molecule has 2 aromatic carbocycles. The fourth-order valence-corrected chi connectivity index (χ4v) is 3.09. The largest absolute Gasteiger partial charge is 0.300 e. The minimum Gasteiger partial charge on any atom is -0.300 e. The maximum atomic E-state index is 12.7. The number of hydrogen-bond donors (Lipinski definition) is 0. The van der Waals surface area contributed by atoms with E-state index >= 15 is 0 Å². The highest BCUT2D eigenvalue weighted by Gasteiger charge is 2.45. The van der Waals surface area contributed by atoms with Gasteiger partial charge in [0.25, 0.3) is 0 Å². The van der Waals surface area contributed by atoms with E-state index < -0.39 is 5.41 Å². The van der Waals surface area contributed by atoms with E-state index in [-0.39, 0.29) is 18.0 Å². The van der Waals surface area contributed by atoms with E-state index in [1.165, 1.54) is 0 Å². The van der Waals surface area contributed by atoms with Gasteiger partial charge in [0, 0.05) is 19.3 Å². The molecular formula is C18H16O2. The van der Waals surface area contributed by atoms with Crippen LogP contribution in [0.3, 0.4) is 0 Å². The van der Waals surface area contributed by atoms with Crippen molar-refractivity contribution in [3.63, 3.8) is 0 Å². The van der Waals surface area contributed by atoms with Crippen molar-refractivity contribution in [3.05, 3.63) is 71.8 Å². The van der Waals surface area contributed by atoms with Crippen molar-refractivity contribution in [1.29, 1.82) is 0 Å². The average molecular weight is 264 g/mol. The van der Waals surface area contributed by atoms with Crippen molar-refractivity contribution in [2.24, 2.45) is 0 Å². The first kappa shape index (κ1) is 12.8. The van der Waals surface area contributed by atoms with Crippen LogP contribution in [0.15, 0.2) is 60.7 Å². The molecule has 3 rings (SSSR count). The van der Waals surface area contributed by atoms with Crippen molar-refractivity contribution < 1.29 is 9.59 Å². The van der Waals surface area contributed by atoms with Gasteiger partial charge < -0.3 is 0 Å². The van der Waals surface area contributed by atoms with Gasteiger partial charge in [-0.15, -0.1) is 0 Å². The van der Waals surface area contributed by atoms with Crippen LogP contribution in [-0.4, -0.2) is 11.6 Å². The second-order valence-corrected chi connectivity index (χ2v) is 5.28. The molecule has 0 spiro atoms. The maximum absolute atomic E-state index is 12.7. The number of hydrogen-bond acceptors (Lipinski definition) is 2. The highest BCUT2D eigenvalue weighted by atomic mass is 16.1. The third-order valence-electron chi connectivity index (χ3n) is 4.10. The molecule has 1 fully saturated rings. The lowest BCUT2D eigenvalue weighted by molar-refractivity contribution is -0.133. The van der Waals surface area contributed by atoms with E-state index in [1.54, 1.807) is 0 Å². The van der Waals surface area contributed by atoms with Crippen LogP contribution in [0, 0.1) is 0 Å². The van der Waals surface area contributed by atoms with Crippen molar-refractivity contribution in [1.82, 2.24) is 0 Å². The molecule has 2 nitrogen and oxygen atoms in total. The number of Topliss-reactive ketones (excluding diaryl/α,β-unsaturated/α-hetero) is 2. The fraction of sp³-hybridized carbons (Fsp3) is 0.222. The number of carbonyl (C=O) groups excluding carboxylic acids is 2. The lowest BCUT2D eigenvalue weighted by atomic mass is 9.64. The quantitative estimate of drug-likeness (QED) is 0.834. The Balaban J connectivity index is 2.22. The molecule has 1 aliphatic rings. The van der Waals surface area contributed by atoms with Crippen LogP contribution in [0.2, 0.25) is 0 Å². The monoisotopic (exact) mass is 264 g/mol. The molecular weight excluding hydrogens is 248 g/mol. The zero-order chi connectivity index (χ0) is 14.0. The summed E-state index contributed by atoms with van der Waals surface area (Å²) in [6, 6.07) is 19.3. The number of ketones is 2. The van der Waals surface area contributed by atoms with E-state index in [2.05, 4.69) is 0 Å². The molecule has 2 aromatic rings. The average Bonchev–Trinajstić information content (AvgIpc) is 2.51. The summed E-state index contributed by atoms with van der Waals surface area (Å²) in [7, 11) is 0. The number of rotatable bonds is 2. The first-order chi connectivity index (χ1) is 9.73. The van der Waals surface area contributed by atoms with Gasteiger partial charge in [0.2, 0.25) is 0 Å². The van der Waals surface area contributed by atoms with Crippen LogP contribution < -0.4 is 0 Å². The summed E-state index contributed by atoms with van der Waals surface area (Å²) in [6.45, 7) is 0. The summed E-state index contributed by atoms with van der Waals surface area (Å²) >= 11 is 0. The molecule has 0 heterocycles. The molecule has 1 aliphatic carbocycles. The molecule has 0 bridgehead atoms. The Hall–Kier alpha value is -2.22. The van der Waals surface area contributed by atoms with Crippen LogP contribution in [0.4, 0.5) is 0 Å². The van der Waals surface area contributed by atoms with Gasteiger partial charge in [0.1, 0.15) is 11.6 Å². The number of carbonyl (C=O) groups is 2. The molecule has 0 aliphatic heterocycles. The molecule has 0 unspecified atom stereocenters. The summed E-state index contributed by atoms with van der Waals surface area (Å²) in [6.07, 6.45) is 0.989. The molecule has 0 amide bonds. The number of benzene rings is 2. The first-order valence-corrected chi connectivity index (χ1v) is 6.89. The molecule has 0 N–H and O–H groups in total. The lowest BCUT2D eigenvalue weighted by Gasteiger charge is -2.36. The molecule has 0 saturated heterocycles. The van der Waals surface area contributed by atoms with Crippen molar-refractivity contribution in [2.45, 2.75) is 24.7 Å². The Kier molecular flexibility index (Phi) is 3.23. The maximum Gasteiger partial charge on any atom is 0.148 e. The van der Waals surface area contributed by atoms with Gasteiger partial charge in [-0.3, -0.25) is 9.59 Å².